The molecule has 9 heteroatoms. The highest BCUT2D eigenvalue weighted by atomic mass is 79.9. The van der Waals surface area contributed by atoms with Crippen molar-refractivity contribution >= 4 is 43.5 Å². The molecule has 0 radical (unpaired) electrons. The molecular weight excluding hydrogens is 364 g/mol. The van der Waals surface area contributed by atoms with Crippen LogP contribution in [0.15, 0.2) is 22.7 Å². The molecule has 0 saturated heterocycles. The summed E-state index contributed by atoms with van der Waals surface area (Å²) in [7, 11) is -3.18. The number of nitrogens with one attached hydrogen (secondary N) is 2. The minimum absolute atomic E-state index is 0.0817. The Morgan fingerprint density at radius 2 is 2.00 bits per heavy atom. The number of anilines is 1. The lowest BCUT2D eigenvalue weighted by atomic mass is 10.2. The zero-order valence-electron chi connectivity index (χ0n) is 11.4. The van der Waals surface area contributed by atoms with Crippen LogP contribution >= 0.6 is 15.9 Å². The lowest BCUT2D eigenvalue weighted by molar-refractivity contribution is 0.0697. The van der Waals surface area contributed by atoms with E-state index in [0.717, 1.165) is 6.26 Å². The molecule has 0 heterocycles. The van der Waals surface area contributed by atoms with E-state index in [1.807, 2.05) is 0 Å². The summed E-state index contributed by atoms with van der Waals surface area (Å²) >= 11 is 3.16. The van der Waals surface area contributed by atoms with E-state index in [0.29, 0.717) is 10.2 Å². The fourth-order valence-electron chi connectivity index (χ4n) is 1.63. The average Bonchev–Trinajstić information content (AvgIpc) is 2.28. The summed E-state index contributed by atoms with van der Waals surface area (Å²) in [6.45, 7) is 1.57. The van der Waals surface area contributed by atoms with Crippen molar-refractivity contribution in [3.8, 4) is 0 Å². The van der Waals surface area contributed by atoms with E-state index in [1.165, 1.54) is 18.2 Å². The first-order valence-electron chi connectivity index (χ1n) is 5.86. The summed E-state index contributed by atoms with van der Waals surface area (Å²) in [4.78, 5) is 22.5. The molecule has 0 aliphatic rings. The Labute approximate surface area is 130 Å². The van der Waals surface area contributed by atoms with E-state index in [9.17, 15) is 18.0 Å². The van der Waals surface area contributed by atoms with Crippen LogP contribution in [-0.4, -0.2) is 43.6 Å². The molecule has 1 atom stereocenters. The Kier molecular flexibility index (Phi) is 5.73. The van der Waals surface area contributed by atoms with Gasteiger partial charge >= 0.3 is 12.0 Å². The maximum atomic E-state index is 11.7. The van der Waals surface area contributed by atoms with Gasteiger partial charge in [-0.1, -0.05) is 0 Å². The van der Waals surface area contributed by atoms with Gasteiger partial charge in [0, 0.05) is 16.8 Å². The van der Waals surface area contributed by atoms with E-state index in [1.54, 1.807) is 6.92 Å². The van der Waals surface area contributed by atoms with E-state index in [-0.39, 0.29) is 11.3 Å². The van der Waals surface area contributed by atoms with E-state index in [4.69, 9.17) is 5.11 Å². The number of carboxylic acid groups (broad SMARTS) is 1. The molecule has 116 valence electrons. The number of amides is 2. The van der Waals surface area contributed by atoms with Gasteiger partial charge in [-0.15, -0.1) is 0 Å². The Bertz CT molecular complexity index is 660. The first-order valence-corrected chi connectivity index (χ1v) is 8.72. The molecule has 3 N–H and O–H groups in total. The maximum absolute atomic E-state index is 11.7. The van der Waals surface area contributed by atoms with Gasteiger partial charge in [-0.25, -0.2) is 18.0 Å². The van der Waals surface area contributed by atoms with Crippen molar-refractivity contribution in [2.45, 2.75) is 13.0 Å². The Morgan fingerprint density at radius 1 is 1.38 bits per heavy atom. The Hall–Kier alpha value is -1.61. The molecule has 0 aliphatic heterocycles. The number of carboxylic acids is 1. The molecule has 1 aromatic rings. The molecule has 0 aliphatic carbocycles. The van der Waals surface area contributed by atoms with Crippen molar-refractivity contribution in [2.24, 2.45) is 0 Å². The van der Waals surface area contributed by atoms with Crippen LogP contribution in [0.25, 0.3) is 0 Å². The normalized spacial score (nSPS) is 12.5. The maximum Gasteiger partial charge on any atom is 0.335 e. The van der Waals surface area contributed by atoms with Crippen LogP contribution in [0.2, 0.25) is 0 Å². The van der Waals surface area contributed by atoms with Crippen molar-refractivity contribution in [3.63, 3.8) is 0 Å². The number of carbonyl (C=O) groups is 2. The van der Waals surface area contributed by atoms with Gasteiger partial charge in [0.15, 0.2) is 0 Å². The van der Waals surface area contributed by atoms with Gasteiger partial charge in [-0.3, -0.25) is 0 Å². The third kappa shape index (κ3) is 6.13. The van der Waals surface area contributed by atoms with Crippen LogP contribution in [0.1, 0.15) is 17.3 Å². The van der Waals surface area contributed by atoms with Crippen LogP contribution < -0.4 is 10.6 Å². The topological polar surface area (TPSA) is 113 Å². The molecule has 1 rings (SSSR count). The zero-order valence-corrected chi connectivity index (χ0v) is 13.8. The van der Waals surface area contributed by atoms with Crippen molar-refractivity contribution in [3.05, 3.63) is 28.2 Å². The molecule has 7 nitrogen and oxygen atoms in total. The van der Waals surface area contributed by atoms with E-state index < -0.39 is 27.9 Å². The van der Waals surface area contributed by atoms with E-state index in [2.05, 4.69) is 26.6 Å². The zero-order chi connectivity index (χ0) is 16.2. The fourth-order valence-corrected chi connectivity index (χ4v) is 3.10. The van der Waals surface area contributed by atoms with Gasteiger partial charge in [0.05, 0.1) is 17.0 Å². The molecule has 1 aromatic carbocycles. The molecule has 21 heavy (non-hydrogen) atoms. The summed E-state index contributed by atoms with van der Waals surface area (Å²) in [5.41, 5.74) is 0.460. The number of urea groups is 1. The van der Waals surface area contributed by atoms with Crippen LogP contribution in [0.5, 0.6) is 0 Å². The lowest BCUT2D eigenvalue weighted by Crippen LogP contribution is -2.40. The SMILES string of the molecule is CC(CS(C)(=O)=O)NC(=O)Nc1ccc(C(=O)O)cc1Br. The summed E-state index contributed by atoms with van der Waals surface area (Å²) in [5.74, 6) is -1.24. The van der Waals surface area contributed by atoms with E-state index >= 15 is 0 Å². The number of rotatable bonds is 5. The third-order valence-corrected chi connectivity index (χ3v) is 4.16. The first-order chi connectivity index (χ1) is 9.58. The minimum Gasteiger partial charge on any atom is -0.478 e. The molecule has 0 spiro atoms. The molecule has 0 saturated carbocycles. The number of hydrogen-bond donors (Lipinski definition) is 3. The molecule has 0 fully saturated rings. The summed E-state index contributed by atoms with van der Waals surface area (Å²) in [5, 5.41) is 13.8. The second-order valence-corrected chi connectivity index (χ2v) is 7.63. The van der Waals surface area contributed by atoms with Crippen molar-refractivity contribution in [1.29, 1.82) is 0 Å². The van der Waals surface area contributed by atoms with Crippen LogP contribution in [-0.2, 0) is 9.84 Å². The summed E-state index contributed by atoms with van der Waals surface area (Å²) in [6.07, 6.45) is 1.09. The fraction of sp³-hybridized carbons (Fsp3) is 0.333. The monoisotopic (exact) mass is 378 g/mol. The lowest BCUT2D eigenvalue weighted by Gasteiger charge is -2.14. The third-order valence-electron chi connectivity index (χ3n) is 2.39. The van der Waals surface area contributed by atoms with Gasteiger partial charge in [0.1, 0.15) is 9.84 Å². The standard InChI is InChI=1S/C12H15BrN2O5S/c1-7(6-21(2,19)20)14-12(18)15-10-4-3-8(11(16)17)5-9(10)13/h3-5,7H,6H2,1-2H3,(H,16,17)(H2,14,15,18). The number of benzene rings is 1. The van der Waals surface area contributed by atoms with Crippen molar-refractivity contribution < 1.29 is 23.1 Å². The van der Waals surface area contributed by atoms with Gasteiger partial charge in [-0.2, -0.15) is 0 Å². The first kappa shape index (κ1) is 17.4. The molecule has 0 bridgehead atoms. The quantitative estimate of drug-likeness (QED) is 0.721. The predicted octanol–water partition coefficient (Wildman–Crippen LogP) is 1.70. The predicted molar refractivity (Wildman–Crippen MR) is 82.4 cm³/mol. The van der Waals surface area contributed by atoms with Crippen LogP contribution in [0.3, 0.4) is 0 Å². The van der Waals surface area contributed by atoms with Gasteiger partial charge in [0.25, 0.3) is 0 Å². The van der Waals surface area contributed by atoms with Gasteiger partial charge in [-0.05, 0) is 41.1 Å². The summed E-state index contributed by atoms with van der Waals surface area (Å²) < 4.78 is 22.6. The van der Waals surface area contributed by atoms with Crippen LogP contribution in [0.4, 0.5) is 10.5 Å². The smallest absolute Gasteiger partial charge is 0.335 e. The second kappa shape index (κ2) is 6.90. The molecular formula is C12H15BrN2O5S. The second-order valence-electron chi connectivity index (χ2n) is 4.59. The average molecular weight is 379 g/mol. The largest absolute Gasteiger partial charge is 0.478 e. The van der Waals surface area contributed by atoms with Crippen molar-refractivity contribution in [2.75, 3.05) is 17.3 Å². The van der Waals surface area contributed by atoms with Gasteiger partial charge < -0.3 is 15.7 Å². The van der Waals surface area contributed by atoms with Crippen molar-refractivity contribution in [1.82, 2.24) is 5.32 Å². The molecule has 2 amide bonds. The van der Waals surface area contributed by atoms with Crippen LogP contribution in [0, 0.1) is 0 Å². The van der Waals surface area contributed by atoms with Gasteiger partial charge in [0.2, 0.25) is 0 Å². The Morgan fingerprint density at radius 3 is 2.48 bits per heavy atom. The highest BCUT2D eigenvalue weighted by Gasteiger charge is 2.14. The number of aromatic carboxylic acids is 1. The number of halogens is 1. The molecule has 0 aromatic heterocycles. The highest BCUT2D eigenvalue weighted by molar-refractivity contribution is 9.10. The highest BCUT2D eigenvalue weighted by Crippen LogP contribution is 2.23. The molecule has 1 unspecified atom stereocenters. The Balaban J connectivity index is 2.69. The number of hydrogen-bond acceptors (Lipinski definition) is 4. The summed E-state index contributed by atoms with van der Waals surface area (Å²) in [6, 6.07) is 3.03. The number of sulfone groups is 1. The minimum atomic E-state index is -3.18. The number of carbonyl (C=O) groups excluding carboxylic acids is 1.